The fourth-order valence-corrected chi connectivity index (χ4v) is 2.55. The van der Waals surface area contributed by atoms with E-state index >= 15 is 0 Å². The van der Waals surface area contributed by atoms with E-state index in [1.165, 1.54) is 17.5 Å². The number of aliphatic carboxylic acids is 1. The van der Waals surface area contributed by atoms with Crippen molar-refractivity contribution in [3.8, 4) is 0 Å². The molecule has 1 aliphatic rings. The average molecular weight is 275 g/mol. The Kier molecular flexibility index (Phi) is 4.77. The number of carbonyl (C=O) groups excluding carboxylic acids is 1. The van der Waals surface area contributed by atoms with Crippen molar-refractivity contribution in [3.63, 3.8) is 0 Å². The van der Waals surface area contributed by atoms with E-state index in [-0.39, 0.29) is 11.8 Å². The van der Waals surface area contributed by atoms with Crippen LogP contribution in [0.1, 0.15) is 47.7 Å². The van der Waals surface area contributed by atoms with Crippen molar-refractivity contribution in [3.05, 3.63) is 34.9 Å². The maximum absolute atomic E-state index is 12.0. The quantitative estimate of drug-likeness (QED) is 0.783. The molecular weight excluding hydrogens is 254 g/mol. The molecule has 0 saturated heterocycles. The van der Waals surface area contributed by atoms with Gasteiger partial charge in [-0.2, -0.15) is 0 Å². The molecule has 1 amide bonds. The molecule has 0 fully saturated rings. The molecule has 1 unspecified atom stereocenters. The highest BCUT2D eigenvalue weighted by Gasteiger charge is 2.14. The van der Waals surface area contributed by atoms with E-state index < -0.39 is 5.97 Å². The lowest BCUT2D eigenvalue weighted by Gasteiger charge is -2.08. The Morgan fingerprint density at radius 1 is 1.30 bits per heavy atom. The summed E-state index contributed by atoms with van der Waals surface area (Å²) in [6.45, 7) is 2.21. The molecular formula is C16H21NO3. The van der Waals surface area contributed by atoms with E-state index in [0.29, 0.717) is 24.9 Å². The van der Waals surface area contributed by atoms with E-state index in [1.807, 2.05) is 18.2 Å². The normalized spacial score (nSPS) is 14.7. The Labute approximate surface area is 119 Å². The van der Waals surface area contributed by atoms with Crippen molar-refractivity contribution in [2.24, 2.45) is 5.92 Å². The molecule has 4 nitrogen and oxygen atoms in total. The van der Waals surface area contributed by atoms with Gasteiger partial charge in [0.2, 0.25) is 0 Å². The standard InChI is InChI=1S/C16H21NO3/c1-11(16(19)20)4-3-9-17-15(18)14-8-7-12-5-2-6-13(12)10-14/h7-8,10-11H,2-6,9H2,1H3,(H,17,18)(H,19,20). The summed E-state index contributed by atoms with van der Waals surface area (Å²) in [4.78, 5) is 22.7. The molecule has 0 heterocycles. The number of carboxylic acid groups (broad SMARTS) is 1. The molecule has 0 spiro atoms. The Hall–Kier alpha value is -1.84. The zero-order valence-electron chi connectivity index (χ0n) is 11.8. The zero-order chi connectivity index (χ0) is 14.5. The molecule has 0 bridgehead atoms. The van der Waals surface area contributed by atoms with Gasteiger partial charge in [0.1, 0.15) is 0 Å². The summed E-state index contributed by atoms with van der Waals surface area (Å²) in [7, 11) is 0. The van der Waals surface area contributed by atoms with E-state index in [9.17, 15) is 9.59 Å². The molecule has 1 aliphatic carbocycles. The van der Waals surface area contributed by atoms with E-state index in [4.69, 9.17) is 5.11 Å². The third-order valence-corrected chi connectivity index (χ3v) is 3.88. The number of fused-ring (bicyclic) bond motifs is 1. The molecule has 2 N–H and O–H groups in total. The lowest BCUT2D eigenvalue weighted by atomic mass is 10.1. The van der Waals surface area contributed by atoms with Gasteiger partial charge in [0.05, 0.1) is 5.92 Å². The number of hydrogen-bond donors (Lipinski definition) is 2. The highest BCUT2D eigenvalue weighted by molar-refractivity contribution is 5.94. The number of hydrogen-bond acceptors (Lipinski definition) is 2. The number of carbonyl (C=O) groups is 2. The topological polar surface area (TPSA) is 66.4 Å². The predicted octanol–water partition coefficient (Wildman–Crippen LogP) is 2.41. The number of rotatable bonds is 6. The van der Waals surface area contributed by atoms with Crippen LogP contribution in [0.5, 0.6) is 0 Å². The highest BCUT2D eigenvalue weighted by atomic mass is 16.4. The average Bonchev–Trinajstić information content (AvgIpc) is 2.90. The Bertz CT molecular complexity index is 510. The van der Waals surface area contributed by atoms with Gasteiger partial charge in [-0.3, -0.25) is 9.59 Å². The Balaban J connectivity index is 1.79. The highest BCUT2D eigenvalue weighted by Crippen LogP contribution is 2.22. The molecule has 1 aromatic carbocycles. The van der Waals surface area contributed by atoms with Crippen LogP contribution in [0.25, 0.3) is 0 Å². The van der Waals surface area contributed by atoms with Gasteiger partial charge >= 0.3 is 5.97 Å². The second-order valence-electron chi connectivity index (χ2n) is 5.47. The van der Waals surface area contributed by atoms with Crippen LogP contribution in [0.3, 0.4) is 0 Å². The van der Waals surface area contributed by atoms with Gasteiger partial charge in [0.15, 0.2) is 0 Å². The molecule has 0 radical (unpaired) electrons. The van der Waals surface area contributed by atoms with Gasteiger partial charge in [-0.15, -0.1) is 0 Å². The molecule has 20 heavy (non-hydrogen) atoms. The number of aryl methyl sites for hydroxylation is 2. The lowest BCUT2D eigenvalue weighted by molar-refractivity contribution is -0.141. The molecule has 0 aliphatic heterocycles. The van der Waals surface area contributed by atoms with Crippen LogP contribution in [-0.2, 0) is 17.6 Å². The van der Waals surface area contributed by atoms with Crippen molar-refractivity contribution < 1.29 is 14.7 Å². The summed E-state index contributed by atoms with van der Waals surface area (Å²) >= 11 is 0. The van der Waals surface area contributed by atoms with Crippen LogP contribution < -0.4 is 5.32 Å². The molecule has 0 aromatic heterocycles. The minimum atomic E-state index is -0.782. The maximum Gasteiger partial charge on any atom is 0.306 e. The Morgan fingerprint density at radius 2 is 2.05 bits per heavy atom. The minimum absolute atomic E-state index is 0.0670. The summed E-state index contributed by atoms with van der Waals surface area (Å²) in [6.07, 6.45) is 4.62. The molecule has 1 aromatic rings. The summed E-state index contributed by atoms with van der Waals surface area (Å²) in [5, 5.41) is 11.6. The SMILES string of the molecule is CC(CCCNC(=O)c1ccc2c(c1)CCC2)C(=O)O. The number of amides is 1. The first kappa shape index (κ1) is 14.6. The lowest BCUT2D eigenvalue weighted by Crippen LogP contribution is -2.25. The van der Waals surface area contributed by atoms with Crippen molar-refractivity contribution >= 4 is 11.9 Å². The summed E-state index contributed by atoms with van der Waals surface area (Å²) in [5.74, 6) is -1.20. The van der Waals surface area contributed by atoms with Crippen molar-refractivity contribution in [1.29, 1.82) is 0 Å². The third kappa shape index (κ3) is 3.59. The van der Waals surface area contributed by atoms with Gasteiger partial charge in [-0.05, 0) is 55.4 Å². The minimum Gasteiger partial charge on any atom is -0.481 e. The smallest absolute Gasteiger partial charge is 0.306 e. The van der Waals surface area contributed by atoms with Crippen LogP contribution in [-0.4, -0.2) is 23.5 Å². The monoisotopic (exact) mass is 275 g/mol. The first-order chi connectivity index (χ1) is 9.58. The molecule has 108 valence electrons. The van der Waals surface area contributed by atoms with Crippen LogP contribution >= 0.6 is 0 Å². The largest absolute Gasteiger partial charge is 0.481 e. The fraction of sp³-hybridized carbons (Fsp3) is 0.500. The van der Waals surface area contributed by atoms with Crippen LogP contribution in [0.2, 0.25) is 0 Å². The van der Waals surface area contributed by atoms with Gasteiger partial charge in [0.25, 0.3) is 5.91 Å². The van der Waals surface area contributed by atoms with Crippen molar-refractivity contribution in [2.75, 3.05) is 6.54 Å². The van der Waals surface area contributed by atoms with Crippen LogP contribution in [0, 0.1) is 5.92 Å². The molecule has 1 atom stereocenters. The maximum atomic E-state index is 12.0. The first-order valence-corrected chi connectivity index (χ1v) is 7.20. The van der Waals surface area contributed by atoms with E-state index in [0.717, 1.165) is 12.8 Å². The van der Waals surface area contributed by atoms with Crippen molar-refractivity contribution in [1.82, 2.24) is 5.32 Å². The fourth-order valence-electron chi connectivity index (χ4n) is 2.55. The Morgan fingerprint density at radius 3 is 2.80 bits per heavy atom. The first-order valence-electron chi connectivity index (χ1n) is 7.20. The summed E-state index contributed by atoms with van der Waals surface area (Å²) < 4.78 is 0. The van der Waals surface area contributed by atoms with Crippen LogP contribution in [0.4, 0.5) is 0 Å². The number of nitrogens with one attached hydrogen (secondary N) is 1. The molecule has 0 saturated carbocycles. The van der Waals surface area contributed by atoms with Gasteiger partial charge in [0, 0.05) is 12.1 Å². The van der Waals surface area contributed by atoms with E-state index in [2.05, 4.69) is 5.32 Å². The van der Waals surface area contributed by atoms with Gasteiger partial charge < -0.3 is 10.4 Å². The molecule has 4 heteroatoms. The number of benzene rings is 1. The predicted molar refractivity (Wildman–Crippen MR) is 76.8 cm³/mol. The second-order valence-corrected chi connectivity index (χ2v) is 5.47. The number of carboxylic acids is 1. The summed E-state index contributed by atoms with van der Waals surface area (Å²) in [5.41, 5.74) is 3.35. The van der Waals surface area contributed by atoms with Gasteiger partial charge in [-0.25, -0.2) is 0 Å². The zero-order valence-corrected chi connectivity index (χ0v) is 11.8. The molecule has 2 rings (SSSR count). The second kappa shape index (κ2) is 6.55. The van der Waals surface area contributed by atoms with E-state index in [1.54, 1.807) is 6.92 Å². The van der Waals surface area contributed by atoms with Crippen LogP contribution in [0.15, 0.2) is 18.2 Å². The summed E-state index contributed by atoms with van der Waals surface area (Å²) in [6, 6.07) is 5.90. The third-order valence-electron chi connectivity index (χ3n) is 3.88. The van der Waals surface area contributed by atoms with Crippen molar-refractivity contribution in [2.45, 2.75) is 39.0 Å². The van der Waals surface area contributed by atoms with Gasteiger partial charge in [-0.1, -0.05) is 13.0 Å².